The lowest BCUT2D eigenvalue weighted by Crippen LogP contribution is -2.50. The number of hydrogen-bond donors (Lipinski definition) is 4. The lowest BCUT2D eigenvalue weighted by Gasteiger charge is -2.34. The highest BCUT2D eigenvalue weighted by atomic mass is 16.2. The Morgan fingerprint density at radius 1 is 0.433 bits per heavy atom. The van der Waals surface area contributed by atoms with Gasteiger partial charge >= 0.3 is 12.1 Å². The van der Waals surface area contributed by atoms with Gasteiger partial charge in [-0.25, -0.2) is 9.59 Å². The molecule has 4 aliphatic heterocycles. The van der Waals surface area contributed by atoms with Crippen molar-refractivity contribution in [2.24, 2.45) is 11.8 Å². The molecule has 8 heteroatoms. The molecule has 314 valence electrons. The first-order chi connectivity index (χ1) is 29.6. The number of hydrogen-bond acceptors (Lipinski definition) is 4. The minimum atomic E-state index is -0.460. The van der Waals surface area contributed by atoms with Gasteiger partial charge in [0.25, 0.3) is 0 Å². The van der Waals surface area contributed by atoms with E-state index in [0.29, 0.717) is 36.0 Å². The number of carbonyl (C=O) groups excluding carboxylic acids is 2. The Bertz CT molecular complexity index is 1870. The van der Waals surface area contributed by atoms with E-state index in [1.807, 2.05) is 60.7 Å². The Morgan fingerprint density at radius 3 is 1.08 bits per heavy atom. The van der Waals surface area contributed by atoms with Crippen molar-refractivity contribution in [2.45, 2.75) is 138 Å². The van der Waals surface area contributed by atoms with Gasteiger partial charge in [0.05, 0.1) is 12.1 Å². The van der Waals surface area contributed by atoms with Crippen molar-refractivity contribution >= 4 is 12.1 Å². The second kappa shape index (κ2) is 17.7. The van der Waals surface area contributed by atoms with Crippen LogP contribution < -0.4 is 21.3 Å². The summed E-state index contributed by atoms with van der Waals surface area (Å²) >= 11 is 0. The van der Waals surface area contributed by atoms with Gasteiger partial charge in [-0.3, -0.25) is 9.80 Å². The van der Waals surface area contributed by atoms with Crippen molar-refractivity contribution in [1.29, 1.82) is 0 Å². The molecule has 60 heavy (non-hydrogen) atoms. The molecule has 2 saturated carbocycles. The Morgan fingerprint density at radius 2 is 0.750 bits per heavy atom. The van der Waals surface area contributed by atoms with Crippen LogP contribution in [0.2, 0.25) is 0 Å². The second-order valence-electron chi connectivity index (χ2n) is 19.0. The summed E-state index contributed by atoms with van der Waals surface area (Å²) in [6, 6.07) is 39.8. The fraction of sp³-hybridized carbons (Fsp3) is 0.500. The van der Waals surface area contributed by atoms with Crippen molar-refractivity contribution in [1.82, 2.24) is 31.1 Å². The van der Waals surface area contributed by atoms with Crippen LogP contribution >= 0.6 is 0 Å². The largest absolute Gasteiger partial charge is 0.335 e. The average molecular weight is 805 g/mol. The van der Waals surface area contributed by atoms with Crippen molar-refractivity contribution < 1.29 is 9.59 Å². The van der Waals surface area contributed by atoms with Crippen LogP contribution in [-0.2, 0) is 0 Å². The van der Waals surface area contributed by atoms with Crippen LogP contribution in [0.5, 0.6) is 0 Å². The summed E-state index contributed by atoms with van der Waals surface area (Å²) in [6.07, 6.45) is 16.2. The molecule has 4 aromatic carbocycles. The van der Waals surface area contributed by atoms with Gasteiger partial charge in [-0.1, -0.05) is 109 Å². The Balaban J connectivity index is 0.719. The standard InChI is InChI=1S/C52H64N6O2/c59-51(53-39-23-19-35(20-24-39)31-33-57-45-27-28-46(57)42-16-8-7-15-41(42)45)55-49(37-11-3-1-4-12-37)50(38-13-5-2-6-14-38)56-52(60)54-40-25-21-36(22-26-40)32-34-58-47-29-30-48(58)44-18-10-9-17-43(44)47/h1-18,35-36,39-40,45-50H,19-34H2,(H2,53,55,59)(H2,54,56,60)/t35?,36?,39?,40?,45-,46+,47-,48+,49-,50-/m1/s1. The molecule has 2 aliphatic carbocycles. The summed E-state index contributed by atoms with van der Waals surface area (Å²) in [5.41, 5.74) is 8.16. The van der Waals surface area contributed by atoms with E-state index in [9.17, 15) is 9.59 Å². The van der Waals surface area contributed by atoms with Crippen LogP contribution in [0.25, 0.3) is 0 Å². The predicted molar refractivity (Wildman–Crippen MR) is 238 cm³/mol. The zero-order valence-electron chi connectivity index (χ0n) is 35.2. The highest BCUT2D eigenvalue weighted by Crippen LogP contribution is 2.54. The van der Waals surface area contributed by atoms with Gasteiger partial charge in [-0.2, -0.15) is 0 Å². The molecule has 0 aromatic heterocycles. The van der Waals surface area contributed by atoms with Crippen LogP contribution in [0, 0.1) is 11.8 Å². The first-order valence-corrected chi connectivity index (χ1v) is 23.5. The van der Waals surface area contributed by atoms with Gasteiger partial charge in [0, 0.05) is 36.3 Å². The highest BCUT2D eigenvalue weighted by molar-refractivity contribution is 5.77. The first kappa shape index (κ1) is 39.5. The van der Waals surface area contributed by atoms with E-state index < -0.39 is 12.1 Å². The van der Waals surface area contributed by atoms with Gasteiger partial charge in [-0.05, 0) is 148 Å². The van der Waals surface area contributed by atoms with Crippen molar-refractivity contribution in [3.8, 4) is 0 Å². The molecule has 4 aromatic rings. The molecular weight excluding hydrogens is 741 g/mol. The van der Waals surface area contributed by atoms with Crippen molar-refractivity contribution in [3.63, 3.8) is 0 Å². The molecule has 4 fully saturated rings. The molecule has 0 radical (unpaired) electrons. The highest BCUT2D eigenvalue weighted by Gasteiger charge is 2.44. The fourth-order valence-corrected chi connectivity index (χ4v) is 12.6. The third-order valence-electron chi connectivity index (χ3n) is 15.6. The minimum absolute atomic E-state index is 0.147. The topological polar surface area (TPSA) is 88.7 Å². The fourth-order valence-electron chi connectivity index (χ4n) is 12.6. The quantitative estimate of drug-likeness (QED) is 0.108. The summed E-state index contributed by atoms with van der Waals surface area (Å²) in [7, 11) is 0. The lowest BCUT2D eigenvalue weighted by atomic mass is 9.84. The summed E-state index contributed by atoms with van der Waals surface area (Å²) < 4.78 is 0. The van der Waals surface area contributed by atoms with E-state index in [1.165, 1.54) is 51.6 Å². The summed E-state index contributed by atoms with van der Waals surface area (Å²) in [5, 5.41) is 13.4. The molecule has 4 N–H and O–H groups in total. The summed E-state index contributed by atoms with van der Waals surface area (Å²) in [5.74, 6) is 1.41. The molecule has 4 bridgehead atoms. The number of nitrogens with zero attached hydrogens (tertiary/aromatic N) is 2. The molecule has 10 rings (SSSR count). The van der Waals surface area contributed by atoms with E-state index in [-0.39, 0.29) is 24.1 Å². The maximum atomic E-state index is 13.9. The van der Waals surface area contributed by atoms with Crippen LogP contribution in [0.4, 0.5) is 9.59 Å². The third kappa shape index (κ3) is 8.22. The predicted octanol–water partition coefficient (Wildman–Crippen LogP) is 10.7. The molecule has 4 heterocycles. The SMILES string of the molecule is O=C(NC1CCC(CCN2[C@@H]3CC[C@H]2c2ccccc23)CC1)N[C@H](c1ccccc1)[C@H](NC(=O)NC1CCC(CCN2[C@@H]3CC[C@H]2c2ccccc23)CC1)c1ccccc1. The van der Waals surface area contributed by atoms with Crippen LogP contribution in [0.3, 0.4) is 0 Å². The number of rotatable bonds is 13. The zero-order chi connectivity index (χ0) is 40.4. The molecule has 8 nitrogen and oxygen atoms in total. The van der Waals surface area contributed by atoms with Gasteiger partial charge in [0.1, 0.15) is 0 Å². The average Bonchev–Trinajstić information content (AvgIpc) is 4.06. The van der Waals surface area contributed by atoms with E-state index in [1.54, 1.807) is 22.3 Å². The van der Waals surface area contributed by atoms with E-state index in [2.05, 4.69) is 79.6 Å². The number of fused-ring (bicyclic) bond motifs is 10. The molecule has 6 aliphatic rings. The molecule has 0 unspecified atom stereocenters. The minimum Gasteiger partial charge on any atom is -0.335 e. The Kier molecular flexibility index (Phi) is 11.7. The molecular formula is C52H64N6O2. The number of amides is 4. The van der Waals surface area contributed by atoms with Crippen LogP contribution in [0.1, 0.15) is 160 Å². The van der Waals surface area contributed by atoms with E-state index in [4.69, 9.17) is 0 Å². The maximum Gasteiger partial charge on any atom is 0.315 e. The van der Waals surface area contributed by atoms with Crippen molar-refractivity contribution in [2.75, 3.05) is 13.1 Å². The number of nitrogens with one attached hydrogen (secondary N) is 4. The van der Waals surface area contributed by atoms with Crippen molar-refractivity contribution in [3.05, 3.63) is 143 Å². The second-order valence-corrected chi connectivity index (χ2v) is 19.0. The summed E-state index contributed by atoms with van der Waals surface area (Å²) in [4.78, 5) is 33.4. The molecule has 6 atom stereocenters. The zero-order valence-corrected chi connectivity index (χ0v) is 35.2. The smallest absolute Gasteiger partial charge is 0.315 e. The Hall–Kier alpha value is -4.66. The Labute approximate surface area is 357 Å². The van der Waals surface area contributed by atoms with Gasteiger partial charge in [-0.15, -0.1) is 0 Å². The van der Waals surface area contributed by atoms with E-state index in [0.717, 1.165) is 62.5 Å². The number of urea groups is 2. The molecule has 2 saturated heterocycles. The lowest BCUT2D eigenvalue weighted by molar-refractivity contribution is 0.183. The summed E-state index contributed by atoms with van der Waals surface area (Å²) in [6.45, 7) is 2.34. The van der Waals surface area contributed by atoms with E-state index >= 15 is 0 Å². The van der Waals surface area contributed by atoms with Crippen LogP contribution in [0.15, 0.2) is 109 Å². The molecule has 0 spiro atoms. The third-order valence-corrected chi connectivity index (χ3v) is 15.6. The van der Waals surface area contributed by atoms with Gasteiger partial charge in [0.15, 0.2) is 0 Å². The van der Waals surface area contributed by atoms with Gasteiger partial charge in [0.2, 0.25) is 0 Å². The van der Waals surface area contributed by atoms with Crippen LogP contribution in [-0.4, -0.2) is 47.0 Å². The van der Waals surface area contributed by atoms with Gasteiger partial charge < -0.3 is 21.3 Å². The number of carbonyl (C=O) groups is 2. The first-order valence-electron chi connectivity index (χ1n) is 23.5. The molecule has 4 amide bonds. The number of benzene rings is 4. The maximum absolute atomic E-state index is 13.9. The monoisotopic (exact) mass is 805 g/mol. The normalized spacial score (nSPS) is 29.0.